The molecule has 0 aliphatic heterocycles. The van der Waals surface area contributed by atoms with Crippen molar-refractivity contribution in [1.82, 2.24) is 0 Å². The lowest BCUT2D eigenvalue weighted by Crippen LogP contribution is -2.19. The monoisotopic (exact) mass is 282 g/mol. The van der Waals surface area contributed by atoms with Gasteiger partial charge in [-0.25, -0.2) is 4.79 Å². The summed E-state index contributed by atoms with van der Waals surface area (Å²) < 4.78 is 0. The summed E-state index contributed by atoms with van der Waals surface area (Å²) in [5.74, 6) is 0.633. The van der Waals surface area contributed by atoms with Crippen LogP contribution in [0, 0.1) is 12.8 Å². The van der Waals surface area contributed by atoms with Gasteiger partial charge in [-0.3, -0.25) is 0 Å². The molecule has 0 unspecified atom stereocenters. The van der Waals surface area contributed by atoms with Crippen molar-refractivity contribution in [3.05, 3.63) is 59.7 Å². The molecule has 0 atom stereocenters. The van der Waals surface area contributed by atoms with Gasteiger partial charge in [-0.2, -0.15) is 0 Å². The fraction of sp³-hybridized carbons (Fsp3) is 0.278. The summed E-state index contributed by atoms with van der Waals surface area (Å²) in [6, 6.07) is 15.5. The summed E-state index contributed by atoms with van der Waals surface area (Å²) in [4.78, 5) is 11.9. The highest BCUT2D eigenvalue weighted by Gasteiger charge is 2.03. The molecule has 3 nitrogen and oxygen atoms in total. The molecule has 0 heterocycles. The largest absolute Gasteiger partial charge is 0.323 e. The number of rotatable bonds is 4. The van der Waals surface area contributed by atoms with Crippen LogP contribution >= 0.6 is 0 Å². The molecule has 0 fully saturated rings. The first kappa shape index (κ1) is 15.1. The van der Waals surface area contributed by atoms with Crippen LogP contribution in [0.4, 0.5) is 16.2 Å². The Kier molecular flexibility index (Phi) is 4.99. The van der Waals surface area contributed by atoms with Gasteiger partial charge >= 0.3 is 6.03 Å². The van der Waals surface area contributed by atoms with Crippen LogP contribution in [-0.2, 0) is 6.42 Å². The maximum Gasteiger partial charge on any atom is 0.323 e. The molecule has 2 aromatic carbocycles. The van der Waals surface area contributed by atoms with E-state index in [0.29, 0.717) is 5.92 Å². The Morgan fingerprint density at radius 2 is 1.38 bits per heavy atom. The molecule has 0 saturated carbocycles. The van der Waals surface area contributed by atoms with Crippen molar-refractivity contribution in [3.63, 3.8) is 0 Å². The highest BCUT2D eigenvalue weighted by Crippen LogP contribution is 2.14. The third-order valence-corrected chi connectivity index (χ3v) is 3.17. The van der Waals surface area contributed by atoms with Crippen LogP contribution in [0.25, 0.3) is 0 Å². The maximum absolute atomic E-state index is 11.9. The number of aryl methyl sites for hydroxylation is 1. The number of hydrogen-bond donors (Lipinski definition) is 2. The van der Waals surface area contributed by atoms with Crippen molar-refractivity contribution in [1.29, 1.82) is 0 Å². The zero-order valence-corrected chi connectivity index (χ0v) is 12.8. The van der Waals surface area contributed by atoms with Crippen LogP contribution in [0.5, 0.6) is 0 Å². The van der Waals surface area contributed by atoms with Crippen LogP contribution in [0.15, 0.2) is 48.5 Å². The minimum atomic E-state index is -0.226. The minimum Gasteiger partial charge on any atom is -0.308 e. The van der Waals surface area contributed by atoms with Gasteiger partial charge in [-0.1, -0.05) is 43.7 Å². The van der Waals surface area contributed by atoms with Gasteiger partial charge in [-0.05, 0) is 49.1 Å². The molecule has 110 valence electrons. The van der Waals surface area contributed by atoms with E-state index in [1.54, 1.807) is 0 Å². The Morgan fingerprint density at radius 1 is 0.905 bits per heavy atom. The van der Waals surface area contributed by atoms with Crippen molar-refractivity contribution < 1.29 is 4.79 Å². The highest BCUT2D eigenvalue weighted by molar-refractivity contribution is 5.99. The second-order valence-corrected chi connectivity index (χ2v) is 5.74. The van der Waals surface area contributed by atoms with Gasteiger partial charge < -0.3 is 10.6 Å². The number of carbonyl (C=O) groups excluding carboxylic acids is 1. The number of hydrogen-bond acceptors (Lipinski definition) is 1. The fourth-order valence-corrected chi connectivity index (χ4v) is 2.13. The van der Waals surface area contributed by atoms with E-state index in [1.807, 2.05) is 43.3 Å². The molecule has 2 aromatic rings. The molecule has 0 aliphatic carbocycles. The third-order valence-electron chi connectivity index (χ3n) is 3.17. The van der Waals surface area contributed by atoms with Gasteiger partial charge in [0.1, 0.15) is 0 Å². The van der Waals surface area contributed by atoms with E-state index in [4.69, 9.17) is 0 Å². The Balaban J connectivity index is 1.91. The zero-order valence-electron chi connectivity index (χ0n) is 12.8. The summed E-state index contributed by atoms with van der Waals surface area (Å²) >= 11 is 0. The molecular weight excluding hydrogens is 260 g/mol. The Bertz CT molecular complexity index is 586. The summed E-state index contributed by atoms with van der Waals surface area (Å²) in [5, 5.41) is 5.65. The molecule has 0 aromatic heterocycles. The topological polar surface area (TPSA) is 41.1 Å². The summed E-state index contributed by atoms with van der Waals surface area (Å²) in [6.07, 6.45) is 1.05. The molecule has 21 heavy (non-hydrogen) atoms. The normalized spacial score (nSPS) is 10.5. The molecule has 2 rings (SSSR count). The number of benzene rings is 2. The van der Waals surface area contributed by atoms with E-state index in [1.165, 1.54) is 11.1 Å². The predicted octanol–water partition coefficient (Wildman–Crippen LogP) is 4.84. The van der Waals surface area contributed by atoms with E-state index in [0.717, 1.165) is 17.8 Å². The first-order chi connectivity index (χ1) is 10.0. The van der Waals surface area contributed by atoms with Gasteiger partial charge in [-0.15, -0.1) is 0 Å². The molecule has 0 aliphatic rings. The number of nitrogens with one attached hydrogen (secondary N) is 2. The minimum absolute atomic E-state index is 0.226. The molecule has 3 heteroatoms. The van der Waals surface area contributed by atoms with Crippen molar-refractivity contribution >= 4 is 17.4 Å². The number of carbonyl (C=O) groups is 1. The van der Waals surface area contributed by atoms with Crippen LogP contribution in [-0.4, -0.2) is 6.03 Å². The maximum atomic E-state index is 11.9. The van der Waals surface area contributed by atoms with Crippen molar-refractivity contribution in [3.8, 4) is 0 Å². The molecular formula is C18H22N2O. The quantitative estimate of drug-likeness (QED) is 0.828. The van der Waals surface area contributed by atoms with Crippen LogP contribution < -0.4 is 10.6 Å². The lowest BCUT2D eigenvalue weighted by Gasteiger charge is -2.09. The lowest BCUT2D eigenvalue weighted by atomic mass is 10.0. The first-order valence-electron chi connectivity index (χ1n) is 7.26. The van der Waals surface area contributed by atoms with E-state index in [9.17, 15) is 4.79 Å². The van der Waals surface area contributed by atoms with Gasteiger partial charge in [0.25, 0.3) is 0 Å². The molecule has 0 bridgehead atoms. The highest BCUT2D eigenvalue weighted by atomic mass is 16.2. The molecule has 2 amide bonds. The Morgan fingerprint density at radius 3 is 1.86 bits per heavy atom. The average Bonchev–Trinajstić information content (AvgIpc) is 2.43. The van der Waals surface area contributed by atoms with Gasteiger partial charge in [0.05, 0.1) is 0 Å². The molecule has 2 N–H and O–H groups in total. The SMILES string of the molecule is Cc1ccc(NC(=O)Nc2ccc(CC(C)C)cc2)cc1. The number of anilines is 2. The smallest absolute Gasteiger partial charge is 0.308 e. The van der Waals surface area contributed by atoms with E-state index < -0.39 is 0 Å². The first-order valence-corrected chi connectivity index (χ1v) is 7.26. The van der Waals surface area contributed by atoms with Crippen LogP contribution in [0.2, 0.25) is 0 Å². The van der Waals surface area contributed by atoms with E-state index >= 15 is 0 Å². The predicted molar refractivity (Wildman–Crippen MR) is 88.8 cm³/mol. The van der Waals surface area contributed by atoms with Gasteiger partial charge in [0, 0.05) is 11.4 Å². The van der Waals surface area contributed by atoms with Gasteiger partial charge in [0.2, 0.25) is 0 Å². The average molecular weight is 282 g/mol. The Hall–Kier alpha value is -2.29. The zero-order chi connectivity index (χ0) is 15.2. The van der Waals surface area contributed by atoms with Crippen molar-refractivity contribution in [2.75, 3.05) is 10.6 Å². The van der Waals surface area contributed by atoms with Crippen LogP contribution in [0.1, 0.15) is 25.0 Å². The third kappa shape index (κ3) is 4.95. The summed E-state index contributed by atoms with van der Waals surface area (Å²) in [5.41, 5.74) is 4.04. The summed E-state index contributed by atoms with van der Waals surface area (Å²) in [7, 11) is 0. The second-order valence-electron chi connectivity index (χ2n) is 5.74. The lowest BCUT2D eigenvalue weighted by molar-refractivity contribution is 0.262. The molecule has 0 saturated heterocycles. The number of urea groups is 1. The van der Waals surface area contributed by atoms with Crippen molar-refractivity contribution in [2.45, 2.75) is 27.2 Å². The van der Waals surface area contributed by atoms with E-state index in [2.05, 4.69) is 36.6 Å². The second kappa shape index (κ2) is 6.93. The summed E-state index contributed by atoms with van der Waals surface area (Å²) in [6.45, 7) is 6.41. The van der Waals surface area contributed by atoms with Gasteiger partial charge in [0.15, 0.2) is 0 Å². The van der Waals surface area contributed by atoms with Crippen molar-refractivity contribution in [2.24, 2.45) is 5.92 Å². The fourth-order valence-electron chi connectivity index (χ4n) is 2.13. The van der Waals surface area contributed by atoms with E-state index in [-0.39, 0.29) is 6.03 Å². The van der Waals surface area contributed by atoms with Crippen LogP contribution in [0.3, 0.4) is 0 Å². The Labute approximate surface area is 126 Å². The standard InChI is InChI=1S/C18H22N2O/c1-13(2)12-15-6-10-17(11-7-15)20-18(21)19-16-8-4-14(3)5-9-16/h4-11,13H,12H2,1-3H3,(H2,19,20,21). The number of amides is 2. The molecule has 0 radical (unpaired) electrons. The molecule has 0 spiro atoms.